The van der Waals surface area contributed by atoms with Gasteiger partial charge in [0, 0.05) is 12.1 Å². The molecule has 1 nitrogen and oxygen atoms in total. The van der Waals surface area contributed by atoms with Gasteiger partial charge in [-0.25, -0.2) is 0 Å². The summed E-state index contributed by atoms with van der Waals surface area (Å²) in [6.45, 7) is 4.65. The highest BCUT2D eigenvalue weighted by Gasteiger charge is 2.41. The number of alkyl halides is 3. The zero-order chi connectivity index (χ0) is 14.8. The van der Waals surface area contributed by atoms with Crippen LogP contribution < -0.4 is 5.32 Å². The SMILES string of the molecule is CC1(C)CCCC(NC2CCC(C(F)(F)F)CC2)CC1. The van der Waals surface area contributed by atoms with Crippen molar-refractivity contribution in [2.24, 2.45) is 11.3 Å². The van der Waals surface area contributed by atoms with E-state index in [0.29, 0.717) is 43.2 Å². The smallest absolute Gasteiger partial charge is 0.311 e. The van der Waals surface area contributed by atoms with Gasteiger partial charge in [0.1, 0.15) is 0 Å². The topological polar surface area (TPSA) is 12.0 Å². The Morgan fingerprint density at radius 2 is 1.45 bits per heavy atom. The van der Waals surface area contributed by atoms with Crippen LogP contribution in [-0.2, 0) is 0 Å². The highest BCUT2D eigenvalue weighted by Crippen LogP contribution is 2.38. The second kappa shape index (κ2) is 6.25. The van der Waals surface area contributed by atoms with Gasteiger partial charge in [-0.3, -0.25) is 0 Å². The van der Waals surface area contributed by atoms with Gasteiger partial charge in [-0.05, 0) is 56.8 Å². The number of rotatable bonds is 2. The second-order valence-corrected chi connectivity index (χ2v) is 7.55. The summed E-state index contributed by atoms with van der Waals surface area (Å²) in [4.78, 5) is 0. The van der Waals surface area contributed by atoms with E-state index in [2.05, 4.69) is 19.2 Å². The van der Waals surface area contributed by atoms with Crippen molar-refractivity contribution in [2.75, 3.05) is 0 Å². The molecule has 0 aliphatic heterocycles. The van der Waals surface area contributed by atoms with E-state index in [1.807, 2.05) is 0 Å². The van der Waals surface area contributed by atoms with Crippen molar-refractivity contribution in [3.8, 4) is 0 Å². The zero-order valence-electron chi connectivity index (χ0n) is 12.7. The highest BCUT2D eigenvalue weighted by atomic mass is 19.4. The summed E-state index contributed by atoms with van der Waals surface area (Å²) in [6, 6.07) is 0.823. The molecule has 20 heavy (non-hydrogen) atoms. The summed E-state index contributed by atoms with van der Waals surface area (Å²) in [6.07, 6.45) is 4.08. The van der Waals surface area contributed by atoms with Crippen molar-refractivity contribution in [2.45, 2.75) is 89.9 Å². The lowest BCUT2D eigenvalue weighted by molar-refractivity contribution is -0.182. The Morgan fingerprint density at radius 1 is 0.850 bits per heavy atom. The third-order valence-corrected chi connectivity index (χ3v) is 5.24. The average Bonchev–Trinajstić information content (AvgIpc) is 2.51. The first kappa shape index (κ1) is 16.1. The first-order valence-electron chi connectivity index (χ1n) is 8.09. The molecule has 2 aliphatic carbocycles. The van der Waals surface area contributed by atoms with Crippen LogP contribution in [0.4, 0.5) is 13.2 Å². The van der Waals surface area contributed by atoms with E-state index in [0.717, 1.165) is 0 Å². The Kier molecular flexibility index (Phi) is 5.04. The maximum atomic E-state index is 12.6. The number of hydrogen-bond acceptors (Lipinski definition) is 1. The lowest BCUT2D eigenvalue weighted by Gasteiger charge is -2.33. The lowest BCUT2D eigenvalue weighted by Crippen LogP contribution is -2.42. The maximum absolute atomic E-state index is 12.6. The van der Waals surface area contributed by atoms with Crippen LogP contribution in [0.1, 0.15) is 71.6 Å². The normalized spacial score (nSPS) is 35.5. The average molecular weight is 291 g/mol. The van der Waals surface area contributed by atoms with Crippen LogP contribution in [0, 0.1) is 11.3 Å². The third-order valence-electron chi connectivity index (χ3n) is 5.24. The van der Waals surface area contributed by atoms with Gasteiger partial charge in [-0.15, -0.1) is 0 Å². The molecular formula is C16H28F3N. The Balaban J connectivity index is 1.75. The standard InChI is InChI=1S/C16H28F3N/c1-15(2)10-3-4-13(9-11-15)20-14-7-5-12(6-8-14)16(17,18)19/h12-14,20H,3-11H2,1-2H3. The molecule has 0 aromatic heterocycles. The van der Waals surface area contributed by atoms with Gasteiger partial charge in [-0.1, -0.05) is 20.3 Å². The predicted octanol–water partition coefficient (Wildman–Crippen LogP) is 5.06. The fourth-order valence-corrected chi connectivity index (χ4v) is 3.75. The fraction of sp³-hybridized carbons (Fsp3) is 1.00. The molecule has 2 fully saturated rings. The lowest BCUT2D eigenvalue weighted by atomic mass is 9.84. The Bertz CT molecular complexity index is 303. The van der Waals surface area contributed by atoms with E-state index in [4.69, 9.17) is 0 Å². The zero-order valence-corrected chi connectivity index (χ0v) is 12.7. The quantitative estimate of drug-likeness (QED) is 0.701. The van der Waals surface area contributed by atoms with E-state index in [1.54, 1.807) is 0 Å². The van der Waals surface area contributed by atoms with Crippen molar-refractivity contribution in [1.82, 2.24) is 5.32 Å². The molecule has 2 rings (SSSR count). The van der Waals surface area contributed by atoms with Gasteiger partial charge < -0.3 is 5.32 Å². The van der Waals surface area contributed by atoms with E-state index < -0.39 is 12.1 Å². The largest absolute Gasteiger partial charge is 0.391 e. The molecule has 0 aromatic rings. The van der Waals surface area contributed by atoms with Crippen LogP contribution in [0.15, 0.2) is 0 Å². The number of halogens is 3. The molecular weight excluding hydrogens is 263 g/mol. The van der Waals surface area contributed by atoms with Gasteiger partial charge >= 0.3 is 6.18 Å². The highest BCUT2D eigenvalue weighted by molar-refractivity contribution is 4.85. The maximum Gasteiger partial charge on any atom is 0.391 e. The molecule has 1 N–H and O–H groups in total. The van der Waals surface area contributed by atoms with Crippen molar-refractivity contribution in [1.29, 1.82) is 0 Å². The van der Waals surface area contributed by atoms with E-state index >= 15 is 0 Å². The Hall–Kier alpha value is -0.250. The monoisotopic (exact) mass is 291 g/mol. The second-order valence-electron chi connectivity index (χ2n) is 7.55. The van der Waals surface area contributed by atoms with E-state index in [1.165, 1.54) is 32.1 Å². The van der Waals surface area contributed by atoms with Crippen molar-refractivity contribution < 1.29 is 13.2 Å². The molecule has 0 saturated heterocycles. The molecule has 0 aromatic carbocycles. The summed E-state index contributed by atoms with van der Waals surface area (Å²) in [5.74, 6) is -1.06. The summed E-state index contributed by atoms with van der Waals surface area (Å²) < 4.78 is 37.9. The van der Waals surface area contributed by atoms with Gasteiger partial charge in [0.2, 0.25) is 0 Å². The minimum atomic E-state index is -3.99. The summed E-state index contributed by atoms with van der Waals surface area (Å²) in [5, 5.41) is 3.64. The summed E-state index contributed by atoms with van der Waals surface area (Å²) >= 11 is 0. The molecule has 0 spiro atoms. The van der Waals surface area contributed by atoms with Crippen LogP contribution in [0.5, 0.6) is 0 Å². The predicted molar refractivity (Wildman–Crippen MR) is 75.6 cm³/mol. The summed E-state index contributed by atoms with van der Waals surface area (Å²) in [7, 11) is 0. The fourth-order valence-electron chi connectivity index (χ4n) is 3.75. The van der Waals surface area contributed by atoms with Gasteiger partial charge in [-0.2, -0.15) is 13.2 Å². The minimum absolute atomic E-state index is 0.305. The number of nitrogens with one attached hydrogen (secondary N) is 1. The van der Waals surface area contributed by atoms with Crippen molar-refractivity contribution in [3.05, 3.63) is 0 Å². The molecule has 0 amide bonds. The van der Waals surface area contributed by atoms with Crippen LogP contribution in [-0.4, -0.2) is 18.3 Å². The molecule has 0 bridgehead atoms. The van der Waals surface area contributed by atoms with Crippen molar-refractivity contribution >= 4 is 0 Å². The molecule has 1 unspecified atom stereocenters. The Labute approximate surface area is 120 Å². The first-order valence-corrected chi connectivity index (χ1v) is 8.09. The molecule has 1 atom stereocenters. The molecule has 2 aliphatic rings. The van der Waals surface area contributed by atoms with E-state index in [9.17, 15) is 13.2 Å². The Morgan fingerprint density at radius 3 is 2.05 bits per heavy atom. The molecule has 0 radical (unpaired) electrons. The molecule has 2 saturated carbocycles. The molecule has 118 valence electrons. The minimum Gasteiger partial charge on any atom is -0.311 e. The summed E-state index contributed by atoms with van der Waals surface area (Å²) in [5.41, 5.74) is 0.435. The van der Waals surface area contributed by atoms with Crippen LogP contribution >= 0.6 is 0 Å². The molecule has 0 heterocycles. The third kappa shape index (κ3) is 4.64. The molecule has 4 heteroatoms. The van der Waals surface area contributed by atoms with Crippen LogP contribution in [0.3, 0.4) is 0 Å². The van der Waals surface area contributed by atoms with Crippen molar-refractivity contribution in [3.63, 3.8) is 0 Å². The van der Waals surface area contributed by atoms with Gasteiger partial charge in [0.25, 0.3) is 0 Å². The van der Waals surface area contributed by atoms with Gasteiger partial charge in [0.05, 0.1) is 5.92 Å². The van der Waals surface area contributed by atoms with Crippen LogP contribution in [0.25, 0.3) is 0 Å². The van der Waals surface area contributed by atoms with Gasteiger partial charge in [0.15, 0.2) is 0 Å². The van der Waals surface area contributed by atoms with Crippen LogP contribution in [0.2, 0.25) is 0 Å². The van der Waals surface area contributed by atoms with E-state index in [-0.39, 0.29) is 0 Å². The number of hydrogen-bond donors (Lipinski definition) is 1. The first-order chi connectivity index (χ1) is 9.26.